The summed E-state index contributed by atoms with van der Waals surface area (Å²) in [4.78, 5) is 29.3. The largest absolute Gasteiger partial charge is 0.484 e. The second kappa shape index (κ2) is 8.16. The Labute approximate surface area is 151 Å². The molecule has 1 aromatic carbocycles. The van der Waals surface area contributed by atoms with E-state index in [9.17, 15) is 9.59 Å². The van der Waals surface area contributed by atoms with Gasteiger partial charge in [0.2, 0.25) is 0 Å². The number of thiophene rings is 1. The van der Waals surface area contributed by atoms with Gasteiger partial charge in [-0.15, -0.1) is 11.3 Å². The van der Waals surface area contributed by atoms with Crippen LogP contribution in [0.15, 0.2) is 41.8 Å². The van der Waals surface area contributed by atoms with Crippen LogP contribution in [0.4, 0.5) is 0 Å². The zero-order chi connectivity index (χ0) is 17.6. The predicted molar refractivity (Wildman–Crippen MR) is 98.1 cm³/mol. The first-order chi connectivity index (χ1) is 12.1. The number of benzene rings is 1. The monoisotopic (exact) mass is 358 g/mol. The molecule has 1 aliphatic heterocycles. The van der Waals surface area contributed by atoms with Crippen molar-refractivity contribution in [3.05, 3.63) is 52.2 Å². The fourth-order valence-electron chi connectivity index (χ4n) is 2.88. The van der Waals surface area contributed by atoms with Gasteiger partial charge in [0.1, 0.15) is 5.75 Å². The van der Waals surface area contributed by atoms with Crippen molar-refractivity contribution in [2.45, 2.75) is 13.3 Å². The summed E-state index contributed by atoms with van der Waals surface area (Å²) < 4.78 is 5.66. The van der Waals surface area contributed by atoms with Gasteiger partial charge >= 0.3 is 0 Å². The van der Waals surface area contributed by atoms with E-state index in [2.05, 4.69) is 0 Å². The maximum absolute atomic E-state index is 12.4. The summed E-state index contributed by atoms with van der Waals surface area (Å²) in [6, 6.07) is 11.4. The highest BCUT2D eigenvalue weighted by Crippen LogP contribution is 2.17. The van der Waals surface area contributed by atoms with E-state index >= 15 is 0 Å². The fourth-order valence-corrected chi connectivity index (χ4v) is 3.57. The number of carbonyl (C=O) groups excluding carboxylic acids is 2. The Kier molecular flexibility index (Phi) is 5.71. The summed E-state index contributed by atoms with van der Waals surface area (Å²) in [5.41, 5.74) is 1.01. The molecule has 2 aromatic rings. The van der Waals surface area contributed by atoms with Crippen LogP contribution in [-0.4, -0.2) is 54.4 Å². The number of hydrogen-bond acceptors (Lipinski definition) is 4. The minimum Gasteiger partial charge on any atom is -0.484 e. The van der Waals surface area contributed by atoms with Gasteiger partial charge in [0, 0.05) is 26.2 Å². The van der Waals surface area contributed by atoms with E-state index in [1.165, 1.54) is 11.3 Å². The molecule has 5 nitrogen and oxygen atoms in total. The summed E-state index contributed by atoms with van der Waals surface area (Å²) in [6.45, 7) is 4.44. The molecule has 0 bridgehead atoms. The summed E-state index contributed by atoms with van der Waals surface area (Å²) in [5, 5.41) is 1.91. The number of rotatable bonds is 4. The molecular formula is C19H22N2O3S. The van der Waals surface area contributed by atoms with E-state index in [1.807, 2.05) is 53.6 Å². The number of ether oxygens (including phenoxy) is 1. The number of carbonyl (C=O) groups is 2. The first-order valence-corrected chi connectivity index (χ1v) is 9.32. The molecule has 0 saturated carbocycles. The zero-order valence-corrected chi connectivity index (χ0v) is 15.1. The van der Waals surface area contributed by atoms with Gasteiger partial charge in [-0.25, -0.2) is 0 Å². The third-order valence-electron chi connectivity index (χ3n) is 4.31. The predicted octanol–water partition coefficient (Wildman–Crippen LogP) is 2.81. The van der Waals surface area contributed by atoms with Crippen molar-refractivity contribution in [2.24, 2.45) is 0 Å². The van der Waals surface area contributed by atoms with Crippen LogP contribution in [0, 0.1) is 6.92 Å². The lowest BCUT2D eigenvalue weighted by Gasteiger charge is -2.22. The smallest absolute Gasteiger partial charge is 0.263 e. The van der Waals surface area contributed by atoms with E-state index in [1.54, 1.807) is 4.90 Å². The molecule has 1 saturated heterocycles. The van der Waals surface area contributed by atoms with Gasteiger partial charge in [-0.1, -0.05) is 24.3 Å². The third kappa shape index (κ3) is 4.39. The number of amides is 2. The van der Waals surface area contributed by atoms with Gasteiger partial charge in [0.25, 0.3) is 11.8 Å². The van der Waals surface area contributed by atoms with Crippen LogP contribution in [0.25, 0.3) is 0 Å². The molecule has 0 atom stereocenters. The second-order valence-corrected chi connectivity index (χ2v) is 7.01. The van der Waals surface area contributed by atoms with Crippen LogP contribution in [0.1, 0.15) is 21.7 Å². The number of nitrogens with zero attached hydrogens (tertiary/aromatic N) is 2. The Hall–Kier alpha value is -2.34. The van der Waals surface area contributed by atoms with E-state index in [0.717, 1.165) is 22.6 Å². The molecule has 132 valence electrons. The van der Waals surface area contributed by atoms with Crippen LogP contribution >= 0.6 is 11.3 Å². The summed E-state index contributed by atoms with van der Waals surface area (Å²) in [6.07, 6.45) is 0.785. The number of hydrogen-bond donors (Lipinski definition) is 0. The highest BCUT2D eigenvalue weighted by molar-refractivity contribution is 7.12. The topological polar surface area (TPSA) is 49.9 Å². The first kappa shape index (κ1) is 17.5. The molecule has 6 heteroatoms. The van der Waals surface area contributed by atoms with Gasteiger partial charge in [-0.05, 0) is 36.4 Å². The average Bonchev–Trinajstić information content (AvgIpc) is 3.04. The molecule has 0 unspecified atom stereocenters. The molecule has 0 aliphatic carbocycles. The van der Waals surface area contributed by atoms with Crippen molar-refractivity contribution in [2.75, 3.05) is 32.8 Å². The van der Waals surface area contributed by atoms with Crippen LogP contribution in [0.5, 0.6) is 5.75 Å². The normalized spacial score (nSPS) is 14.9. The van der Waals surface area contributed by atoms with E-state index in [-0.39, 0.29) is 18.4 Å². The van der Waals surface area contributed by atoms with Crippen molar-refractivity contribution in [3.63, 3.8) is 0 Å². The minimum absolute atomic E-state index is 0.0315. The first-order valence-electron chi connectivity index (χ1n) is 8.44. The minimum atomic E-state index is -0.0336. The van der Waals surface area contributed by atoms with Crippen molar-refractivity contribution in [1.82, 2.24) is 9.80 Å². The molecule has 1 aliphatic rings. The summed E-state index contributed by atoms with van der Waals surface area (Å²) in [5.74, 6) is 0.759. The summed E-state index contributed by atoms with van der Waals surface area (Å²) in [7, 11) is 0. The van der Waals surface area contributed by atoms with E-state index in [4.69, 9.17) is 4.74 Å². The lowest BCUT2D eigenvalue weighted by molar-refractivity contribution is -0.133. The molecule has 1 fully saturated rings. The maximum Gasteiger partial charge on any atom is 0.263 e. The highest BCUT2D eigenvalue weighted by atomic mass is 32.1. The molecule has 0 N–H and O–H groups in total. The quantitative estimate of drug-likeness (QED) is 0.844. The highest BCUT2D eigenvalue weighted by Gasteiger charge is 2.23. The van der Waals surface area contributed by atoms with Crippen LogP contribution in [0.2, 0.25) is 0 Å². The fraction of sp³-hybridized carbons (Fsp3) is 0.368. The van der Waals surface area contributed by atoms with Crippen LogP contribution in [0.3, 0.4) is 0 Å². The molecule has 2 amide bonds. The Morgan fingerprint density at radius 1 is 1.04 bits per heavy atom. The standard InChI is InChI=1S/C19H22N2O3S/c1-15-6-2-3-7-16(15)24-14-18(22)20-9-5-10-21(12-11-20)19(23)17-8-4-13-25-17/h2-4,6-8,13H,5,9-12,14H2,1H3. The van der Waals surface area contributed by atoms with Gasteiger partial charge < -0.3 is 14.5 Å². The van der Waals surface area contributed by atoms with E-state index < -0.39 is 0 Å². The number of aryl methyl sites for hydroxylation is 1. The van der Waals surface area contributed by atoms with Crippen molar-refractivity contribution < 1.29 is 14.3 Å². The van der Waals surface area contributed by atoms with E-state index in [0.29, 0.717) is 26.2 Å². The molecule has 0 spiro atoms. The van der Waals surface area contributed by atoms with Crippen LogP contribution < -0.4 is 4.74 Å². The Morgan fingerprint density at radius 3 is 2.56 bits per heavy atom. The van der Waals surface area contributed by atoms with Gasteiger partial charge in [-0.2, -0.15) is 0 Å². The third-order valence-corrected chi connectivity index (χ3v) is 5.17. The zero-order valence-electron chi connectivity index (χ0n) is 14.3. The molecule has 3 rings (SSSR count). The molecule has 25 heavy (non-hydrogen) atoms. The lowest BCUT2D eigenvalue weighted by atomic mass is 10.2. The van der Waals surface area contributed by atoms with Gasteiger partial charge in [0.15, 0.2) is 6.61 Å². The second-order valence-electron chi connectivity index (χ2n) is 6.06. The van der Waals surface area contributed by atoms with Crippen LogP contribution in [-0.2, 0) is 4.79 Å². The SMILES string of the molecule is Cc1ccccc1OCC(=O)N1CCCN(C(=O)c2cccs2)CC1. The molecule has 0 radical (unpaired) electrons. The van der Waals surface area contributed by atoms with Crippen molar-refractivity contribution in [1.29, 1.82) is 0 Å². The number of para-hydroxylation sites is 1. The van der Waals surface area contributed by atoms with Crippen molar-refractivity contribution in [3.8, 4) is 5.75 Å². The average molecular weight is 358 g/mol. The van der Waals surface area contributed by atoms with Gasteiger partial charge in [-0.3, -0.25) is 9.59 Å². The Bertz CT molecular complexity index is 730. The molecule has 1 aromatic heterocycles. The van der Waals surface area contributed by atoms with Crippen molar-refractivity contribution >= 4 is 23.2 Å². The lowest BCUT2D eigenvalue weighted by Crippen LogP contribution is -2.39. The summed E-state index contributed by atoms with van der Waals surface area (Å²) >= 11 is 1.45. The molecular weight excluding hydrogens is 336 g/mol. The molecule has 2 heterocycles. The van der Waals surface area contributed by atoms with Gasteiger partial charge in [0.05, 0.1) is 4.88 Å². The maximum atomic E-state index is 12.4. The Morgan fingerprint density at radius 2 is 1.80 bits per heavy atom. The Balaban J connectivity index is 1.53.